The molecule has 0 aliphatic heterocycles. The van der Waals surface area contributed by atoms with E-state index in [0.29, 0.717) is 19.3 Å². The van der Waals surface area contributed by atoms with Crippen molar-refractivity contribution in [1.82, 2.24) is 5.32 Å². The molecule has 1 aliphatic rings. The summed E-state index contributed by atoms with van der Waals surface area (Å²) in [7, 11) is 0. The van der Waals surface area contributed by atoms with Crippen molar-refractivity contribution >= 4 is 11.9 Å². The van der Waals surface area contributed by atoms with E-state index in [1.165, 1.54) is 12.1 Å². The Kier molecular flexibility index (Phi) is 5.74. The summed E-state index contributed by atoms with van der Waals surface area (Å²) in [6.07, 6.45) is 4.77. The van der Waals surface area contributed by atoms with Crippen molar-refractivity contribution in [3.63, 3.8) is 0 Å². The zero-order valence-corrected chi connectivity index (χ0v) is 13.5. The number of hydrogen-bond donors (Lipinski definition) is 2. The number of benzene rings is 1. The highest BCUT2D eigenvalue weighted by Gasteiger charge is 2.41. The summed E-state index contributed by atoms with van der Waals surface area (Å²) in [6, 6.07) is 6.07. The van der Waals surface area contributed by atoms with Crippen LogP contribution in [0, 0.1) is 5.82 Å². The maximum Gasteiger partial charge on any atom is 0.303 e. The molecule has 5 heteroatoms. The largest absolute Gasteiger partial charge is 0.481 e. The lowest BCUT2D eigenvalue weighted by molar-refractivity contribution is -0.137. The lowest BCUT2D eigenvalue weighted by Crippen LogP contribution is -2.48. The first-order valence-corrected chi connectivity index (χ1v) is 8.23. The normalized spacial score (nSPS) is 18.2. The Balaban J connectivity index is 2.17. The molecule has 2 rings (SSSR count). The number of carbonyl (C=O) groups is 2. The second kappa shape index (κ2) is 7.57. The first kappa shape index (κ1) is 17.4. The number of amides is 1. The highest BCUT2D eigenvalue weighted by molar-refractivity contribution is 5.88. The summed E-state index contributed by atoms with van der Waals surface area (Å²) in [5, 5.41) is 11.7. The van der Waals surface area contributed by atoms with Crippen LogP contribution >= 0.6 is 0 Å². The highest BCUT2D eigenvalue weighted by atomic mass is 19.1. The van der Waals surface area contributed by atoms with E-state index in [-0.39, 0.29) is 24.2 Å². The second-order valence-electron chi connectivity index (χ2n) is 6.46. The minimum Gasteiger partial charge on any atom is -0.481 e. The van der Waals surface area contributed by atoms with Gasteiger partial charge in [0.05, 0.1) is 5.41 Å². The quantitative estimate of drug-likeness (QED) is 0.844. The Morgan fingerprint density at radius 1 is 1.30 bits per heavy atom. The zero-order chi connectivity index (χ0) is 16.9. The van der Waals surface area contributed by atoms with Crippen molar-refractivity contribution in [3.8, 4) is 0 Å². The molecule has 23 heavy (non-hydrogen) atoms. The smallest absolute Gasteiger partial charge is 0.303 e. The Morgan fingerprint density at radius 2 is 2.00 bits per heavy atom. The molecular weight excluding hydrogens is 297 g/mol. The molecule has 1 fully saturated rings. The van der Waals surface area contributed by atoms with Crippen molar-refractivity contribution < 1.29 is 19.1 Å². The molecule has 1 saturated carbocycles. The van der Waals surface area contributed by atoms with Gasteiger partial charge in [-0.15, -0.1) is 0 Å². The van der Waals surface area contributed by atoms with Gasteiger partial charge in [-0.3, -0.25) is 9.59 Å². The third-order valence-electron chi connectivity index (χ3n) is 4.69. The first-order chi connectivity index (χ1) is 10.9. The van der Waals surface area contributed by atoms with Crippen molar-refractivity contribution in [3.05, 3.63) is 35.6 Å². The molecule has 2 N–H and O–H groups in total. The minimum absolute atomic E-state index is 0.0222. The highest BCUT2D eigenvalue weighted by Crippen LogP contribution is 2.40. The summed E-state index contributed by atoms with van der Waals surface area (Å²) in [4.78, 5) is 23.6. The van der Waals surface area contributed by atoms with E-state index in [9.17, 15) is 14.0 Å². The van der Waals surface area contributed by atoms with Crippen molar-refractivity contribution in [2.24, 2.45) is 0 Å². The van der Waals surface area contributed by atoms with E-state index < -0.39 is 11.4 Å². The van der Waals surface area contributed by atoms with E-state index in [1.54, 1.807) is 6.07 Å². The van der Waals surface area contributed by atoms with Crippen LogP contribution in [-0.2, 0) is 15.0 Å². The van der Waals surface area contributed by atoms with Gasteiger partial charge < -0.3 is 10.4 Å². The number of nitrogens with one attached hydrogen (secondary N) is 1. The molecule has 0 radical (unpaired) electrons. The lowest BCUT2D eigenvalue weighted by Gasteiger charge is -2.37. The average molecular weight is 321 g/mol. The molecule has 1 amide bonds. The Hall–Kier alpha value is -1.91. The zero-order valence-electron chi connectivity index (χ0n) is 13.5. The van der Waals surface area contributed by atoms with E-state index in [4.69, 9.17) is 5.11 Å². The van der Waals surface area contributed by atoms with Gasteiger partial charge in [0, 0.05) is 12.5 Å². The predicted molar refractivity (Wildman–Crippen MR) is 85.6 cm³/mol. The maximum atomic E-state index is 13.6. The van der Waals surface area contributed by atoms with Gasteiger partial charge in [-0.05, 0) is 43.9 Å². The van der Waals surface area contributed by atoms with Crippen LogP contribution < -0.4 is 5.32 Å². The monoisotopic (exact) mass is 321 g/mol. The molecule has 1 aliphatic carbocycles. The maximum absolute atomic E-state index is 13.6. The molecule has 0 bridgehead atoms. The number of carboxylic acids is 1. The van der Waals surface area contributed by atoms with E-state index >= 15 is 0 Å². The number of aliphatic carboxylic acids is 1. The van der Waals surface area contributed by atoms with E-state index in [0.717, 1.165) is 24.8 Å². The standard InChI is InChI=1S/C18H24FNO3/c1-13(8-9-16(21)22)20-17(23)18(10-3-2-4-11-18)14-6-5-7-15(19)12-14/h5-7,12-13H,2-4,8-11H2,1H3,(H,20,23)(H,21,22). The topological polar surface area (TPSA) is 66.4 Å². The van der Waals surface area contributed by atoms with Crippen LogP contribution in [0.2, 0.25) is 0 Å². The van der Waals surface area contributed by atoms with Crippen LogP contribution in [0.3, 0.4) is 0 Å². The molecule has 126 valence electrons. The Bertz CT molecular complexity index is 567. The fourth-order valence-electron chi connectivity index (χ4n) is 3.36. The first-order valence-electron chi connectivity index (χ1n) is 8.23. The SMILES string of the molecule is CC(CCC(=O)O)NC(=O)C1(c2cccc(F)c2)CCCCC1. The van der Waals surface area contributed by atoms with Crippen LogP contribution in [0.5, 0.6) is 0 Å². The van der Waals surface area contributed by atoms with E-state index in [1.807, 2.05) is 13.0 Å². The molecule has 0 saturated heterocycles. The molecular formula is C18H24FNO3. The van der Waals surface area contributed by atoms with Crippen LogP contribution in [-0.4, -0.2) is 23.0 Å². The van der Waals surface area contributed by atoms with Crippen LogP contribution in [0.25, 0.3) is 0 Å². The van der Waals surface area contributed by atoms with Gasteiger partial charge in [-0.25, -0.2) is 4.39 Å². The van der Waals surface area contributed by atoms with Gasteiger partial charge in [0.15, 0.2) is 0 Å². The lowest BCUT2D eigenvalue weighted by atomic mass is 9.68. The number of carbonyl (C=O) groups excluding carboxylic acids is 1. The molecule has 1 atom stereocenters. The van der Waals surface area contributed by atoms with Gasteiger partial charge in [0.25, 0.3) is 0 Å². The van der Waals surface area contributed by atoms with Crippen LogP contribution in [0.1, 0.15) is 57.4 Å². The summed E-state index contributed by atoms with van der Waals surface area (Å²) in [5.74, 6) is -1.32. The van der Waals surface area contributed by atoms with Crippen molar-refractivity contribution in [2.75, 3.05) is 0 Å². The molecule has 1 aromatic carbocycles. The fourth-order valence-corrected chi connectivity index (χ4v) is 3.36. The van der Waals surface area contributed by atoms with Crippen molar-refractivity contribution in [1.29, 1.82) is 0 Å². The summed E-state index contributed by atoms with van der Waals surface area (Å²) >= 11 is 0. The number of carboxylic acid groups (broad SMARTS) is 1. The van der Waals surface area contributed by atoms with Gasteiger partial charge in [0.1, 0.15) is 5.82 Å². The third kappa shape index (κ3) is 4.30. The molecule has 0 spiro atoms. The molecule has 1 unspecified atom stereocenters. The third-order valence-corrected chi connectivity index (χ3v) is 4.69. The van der Waals surface area contributed by atoms with Crippen LogP contribution in [0.4, 0.5) is 4.39 Å². The summed E-state index contributed by atoms with van der Waals surface area (Å²) < 4.78 is 13.6. The Labute approximate surface area is 136 Å². The molecule has 0 aromatic heterocycles. The van der Waals surface area contributed by atoms with E-state index in [2.05, 4.69) is 5.32 Å². The summed E-state index contributed by atoms with van der Waals surface area (Å²) in [6.45, 7) is 1.81. The molecule has 4 nitrogen and oxygen atoms in total. The summed E-state index contributed by atoms with van der Waals surface area (Å²) in [5.41, 5.74) is 0.0258. The van der Waals surface area contributed by atoms with Gasteiger partial charge >= 0.3 is 5.97 Å². The van der Waals surface area contributed by atoms with Crippen LogP contribution in [0.15, 0.2) is 24.3 Å². The number of rotatable bonds is 6. The molecule has 0 heterocycles. The number of hydrogen-bond acceptors (Lipinski definition) is 2. The minimum atomic E-state index is -0.872. The van der Waals surface area contributed by atoms with Gasteiger partial charge in [-0.1, -0.05) is 31.4 Å². The van der Waals surface area contributed by atoms with Gasteiger partial charge in [-0.2, -0.15) is 0 Å². The van der Waals surface area contributed by atoms with Gasteiger partial charge in [0.2, 0.25) is 5.91 Å². The number of halogens is 1. The fraction of sp³-hybridized carbons (Fsp3) is 0.556. The second-order valence-corrected chi connectivity index (χ2v) is 6.46. The average Bonchev–Trinajstić information content (AvgIpc) is 2.53. The van der Waals surface area contributed by atoms with Crippen molar-refractivity contribution in [2.45, 2.75) is 63.3 Å². The predicted octanol–water partition coefficient (Wildman–Crippen LogP) is 3.40. The Morgan fingerprint density at radius 3 is 2.61 bits per heavy atom. The molecule has 1 aromatic rings.